The van der Waals surface area contributed by atoms with E-state index in [-0.39, 0.29) is 19.6 Å². The van der Waals surface area contributed by atoms with Crippen LogP contribution < -0.4 is 0 Å². The SMILES string of the molecule is CC/C=C\C/C=C\C/C=C\C/C=C\CCCCCCCOCC(COC1OC(COC2OC(CO)C(O)C(O)C2O)C(O)C(O)C1O)OC(=O)CCCCCCC/C=C\C/C=C\CCCCCC. The molecule has 2 rings (SSSR count). The molecule has 2 saturated heterocycles. The van der Waals surface area contributed by atoms with E-state index in [2.05, 4.69) is 86.8 Å². The number of esters is 1. The zero-order valence-corrected chi connectivity index (χ0v) is 41.6. The Labute approximate surface area is 408 Å². The van der Waals surface area contributed by atoms with E-state index in [0.717, 1.165) is 109 Å². The van der Waals surface area contributed by atoms with Crippen LogP contribution in [-0.2, 0) is 33.2 Å². The molecule has 0 amide bonds. The summed E-state index contributed by atoms with van der Waals surface area (Å²) in [5.41, 5.74) is 0. The number of unbranched alkanes of at least 4 members (excludes halogenated alkanes) is 14. The van der Waals surface area contributed by atoms with E-state index in [0.29, 0.717) is 13.0 Å². The summed E-state index contributed by atoms with van der Waals surface area (Å²) >= 11 is 0. The molecule has 0 radical (unpaired) electrons. The van der Waals surface area contributed by atoms with Gasteiger partial charge >= 0.3 is 5.97 Å². The first kappa shape index (κ1) is 61.5. The van der Waals surface area contributed by atoms with Crippen LogP contribution in [0.2, 0.25) is 0 Å². The van der Waals surface area contributed by atoms with E-state index in [1.54, 1.807) is 0 Å². The molecule has 14 nitrogen and oxygen atoms in total. The van der Waals surface area contributed by atoms with Gasteiger partial charge in [-0.3, -0.25) is 4.79 Å². The highest BCUT2D eigenvalue weighted by atomic mass is 16.7. The van der Waals surface area contributed by atoms with Gasteiger partial charge in [-0.15, -0.1) is 0 Å². The summed E-state index contributed by atoms with van der Waals surface area (Å²) in [6, 6.07) is 0. The Morgan fingerprint density at radius 3 is 1.50 bits per heavy atom. The Morgan fingerprint density at radius 1 is 0.500 bits per heavy atom. The van der Waals surface area contributed by atoms with Gasteiger partial charge in [0.05, 0.1) is 26.4 Å². The number of allylic oxidation sites excluding steroid dienone is 12. The van der Waals surface area contributed by atoms with Crippen molar-refractivity contribution in [1.82, 2.24) is 0 Å². The van der Waals surface area contributed by atoms with Crippen LogP contribution in [0, 0.1) is 0 Å². The summed E-state index contributed by atoms with van der Waals surface area (Å²) in [4.78, 5) is 13.0. The molecule has 2 aliphatic heterocycles. The van der Waals surface area contributed by atoms with Gasteiger partial charge in [-0.05, 0) is 83.5 Å². The lowest BCUT2D eigenvalue weighted by Gasteiger charge is -2.42. The van der Waals surface area contributed by atoms with Crippen molar-refractivity contribution in [1.29, 1.82) is 0 Å². The van der Waals surface area contributed by atoms with Gasteiger partial charge in [-0.2, -0.15) is 0 Å². The van der Waals surface area contributed by atoms with Crippen LogP contribution in [-0.4, -0.2) is 142 Å². The fourth-order valence-electron chi connectivity index (χ4n) is 7.72. The highest BCUT2D eigenvalue weighted by Crippen LogP contribution is 2.26. The molecule has 2 aliphatic rings. The molecular weight excluding hydrogens is 873 g/mol. The number of hydrogen-bond donors (Lipinski definition) is 7. The maximum Gasteiger partial charge on any atom is 0.306 e. The second-order valence-corrected chi connectivity index (χ2v) is 18.0. The van der Waals surface area contributed by atoms with Gasteiger partial charge in [0.25, 0.3) is 0 Å². The van der Waals surface area contributed by atoms with Gasteiger partial charge in [-0.1, -0.05) is 145 Å². The lowest BCUT2D eigenvalue weighted by Crippen LogP contribution is -2.61. The molecule has 392 valence electrons. The molecule has 14 heteroatoms. The molecule has 0 aromatic rings. The molecule has 0 saturated carbocycles. The van der Waals surface area contributed by atoms with Crippen molar-refractivity contribution >= 4 is 5.97 Å². The van der Waals surface area contributed by atoms with Gasteiger partial charge in [0.1, 0.15) is 54.9 Å². The van der Waals surface area contributed by atoms with E-state index in [4.69, 9.17) is 28.4 Å². The van der Waals surface area contributed by atoms with Crippen molar-refractivity contribution < 1.29 is 69.0 Å². The number of ether oxygens (including phenoxy) is 6. The fourth-order valence-corrected chi connectivity index (χ4v) is 7.72. The molecule has 0 aromatic heterocycles. The summed E-state index contributed by atoms with van der Waals surface area (Å²) in [5.74, 6) is -0.400. The fraction of sp³-hybridized carbons (Fsp3) is 0.759. The maximum atomic E-state index is 13.0. The largest absolute Gasteiger partial charge is 0.457 e. The molecule has 0 bridgehead atoms. The van der Waals surface area contributed by atoms with Crippen molar-refractivity contribution in [3.8, 4) is 0 Å². The van der Waals surface area contributed by atoms with Crippen LogP contribution in [0.4, 0.5) is 0 Å². The molecular formula is C54H92O14. The molecule has 0 aromatic carbocycles. The highest BCUT2D eigenvalue weighted by molar-refractivity contribution is 5.69. The monoisotopic (exact) mass is 965 g/mol. The van der Waals surface area contributed by atoms with Crippen molar-refractivity contribution in [2.75, 3.05) is 33.0 Å². The first-order valence-corrected chi connectivity index (χ1v) is 26.0. The normalized spacial score (nSPS) is 26.5. The average Bonchev–Trinajstić information content (AvgIpc) is 3.33. The summed E-state index contributed by atoms with van der Waals surface area (Å²) in [6.45, 7) is 3.47. The second kappa shape index (κ2) is 41.1. The molecule has 2 heterocycles. The van der Waals surface area contributed by atoms with Crippen LogP contribution in [0.3, 0.4) is 0 Å². The smallest absolute Gasteiger partial charge is 0.306 e. The number of hydrogen-bond acceptors (Lipinski definition) is 14. The maximum absolute atomic E-state index is 13.0. The van der Waals surface area contributed by atoms with Crippen molar-refractivity contribution in [3.05, 3.63) is 72.9 Å². The van der Waals surface area contributed by atoms with E-state index >= 15 is 0 Å². The third kappa shape index (κ3) is 28.3. The highest BCUT2D eigenvalue weighted by Gasteiger charge is 2.47. The van der Waals surface area contributed by atoms with Crippen LogP contribution in [0.1, 0.15) is 162 Å². The van der Waals surface area contributed by atoms with Gasteiger partial charge in [0, 0.05) is 13.0 Å². The van der Waals surface area contributed by atoms with Crippen LogP contribution in [0.5, 0.6) is 0 Å². The molecule has 11 unspecified atom stereocenters. The van der Waals surface area contributed by atoms with Gasteiger partial charge in [0.2, 0.25) is 0 Å². The average molecular weight is 965 g/mol. The number of aliphatic hydroxyl groups is 7. The van der Waals surface area contributed by atoms with E-state index in [1.807, 2.05) is 0 Å². The van der Waals surface area contributed by atoms with Gasteiger partial charge in [-0.25, -0.2) is 0 Å². The van der Waals surface area contributed by atoms with Crippen LogP contribution in [0.25, 0.3) is 0 Å². The second-order valence-electron chi connectivity index (χ2n) is 18.0. The molecule has 11 atom stereocenters. The lowest BCUT2D eigenvalue weighted by atomic mass is 9.98. The van der Waals surface area contributed by atoms with Crippen molar-refractivity contribution in [2.24, 2.45) is 0 Å². The molecule has 0 spiro atoms. The summed E-state index contributed by atoms with van der Waals surface area (Å²) in [6.07, 6.45) is 33.8. The summed E-state index contributed by atoms with van der Waals surface area (Å²) in [5, 5.41) is 72.2. The molecule has 0 aliphatic carbocycles. The first-order chi connectivity index (χ1) is 33.1. The quantitative estimate of drug-likeness (QED) is 0.0177. The minimum atomic E-state index is -1.72. The number of carbonyl (C=O) groups excluding carboxylic acids is 1. The van der Waals surface area contributed by atoms with Crippen molar-refractivity contribution in [2.45, 2.75) is 229 Å². The van der Waals surface area contributed by atoms with E-state index in [9.17, 15) is 40.5 Å². The summed E-state index contributed by atoms with van der Waals surface area (Å²) < 4.78 is 34.2. The first-order valence-electron chi connectivity index (χ1n) is 26.0. The Morgan fingerprint density at radius 2 is 0.956 bits per heavy atom. The lowest BCUT2D eigenvalue weighted by molar-refractivity contribution is -0.332. The standard InChI is InChI=1S/C54H92O14/c1-3-5-7-9-11-13-15-17-19-21-22-24-26-28-30-32-34-36-38-63-40-43(66-46(56)37-35-33-31-29-27-25-23-20-18-16-14-12-10-8-6-4-2)41-64-53-52(62)50(60)48(58)45(68-53)42-65-54-51(61)49(59)47(57)44(39-55)67-54/h5,7,11,13-14,16-17,19-20,22-24,43-45,47-55,57-62H,3-4,6,8-10,12,15,18,21,25-42H2,1-2H3/b7-5-,13-11-,16-14-,19-17-,23-20-,24-22-. The Hall–Kier alpha value is -2.57. The number of aliphatic hydroxyl groups excluding tert-OH is 7. The zero-order chi connectivity index (χ0) is 49.5. The molecule has 68 heavy (non-hydrogen) atoms. The molecule has 2 fully saturated rings. The van der Waals surface area contributed by atoms with Crippen molar-refractivity contribution in [3.63, 3.8) is 0 Å². The third-order valence-corrected chi connectivity index (χ3v) is 11.9. The third-order valence-electron chi connectivity index (χ3n) is 11.9. The predicted molar refractivity (Wildman–Crippen MR) is 265 cm³/mol. The number of carbonyl (C=O) groups is 1. The Balaban J connectivity index is 1.79. The molecule has 7 N–H and O–H groups in total. The van der Waals surface area contributed by atoms with Gasteiger partial charge in [0.15, 0.2) is 12.6 Å². The Bertz CT molecular complexity index is 1400. The minimum Gasteiger partial charge on any atom is -0.457 e. The van der Waals surface area contributed by atoms with Crippen LogP contribution >= 0.6 is 0 Å². The topological polar surface area (TPSA) is 214 Å². The van der Waals surface area contributed by atoms with Gasteiger partial charge < -0.3 is 64.2 Å². The van der Waals surface area contributed by atoms with E-state index in [1.165, 1.54) is 25.7 Å². The summed E-state index contributed by atoms with van der Waals surface area (Å²) in [7, 11) is 0. The predicted octanol–water partition coefficient (Wildman–Crippen LogP) is 7.90. The Kier molecular flexibility index (Phi) is 37.2. The zero-order valence-electron chi connectivity index (χ0n) is 41.6. The van der Waals surface area contributed by atoms with Crippen LogP contribution in [0.15, 0.2) is 72.9 Å². The number of rotatable bonds is 40. The minimum absolute atomic E-state index is 0.0392. The van der Waals surface area contributed by atoms with E-state index < -0.39 is 86.7 Å².